The zero-order chi connectivity index (χ0) is 11.7. The highest BCUT2D eigenvalue weighted by Gasteiger charge is 2.27. The lowest BCUT2D eigenvalue weighted by molar-refractivity contribution is 2.30. The molecule has 0 N–H and O–H groups in total. The molecule has 16 heavy (non-hydrogen) atoms. The Morgan fingerprint density at radius 3 is 1.50 bits per heavy atom. The van der Waals surface area contributed by atoms with Gasteiger partial charge in [-0.2, -0.15) is 0 Å². The molecule has 2 aliphatic rings. The first-order chi connectivity index (χ1) is 7.65. The quantitative estimate of drug-likeness (QED) is 0.583. The number of thioether (sulfide) groups is 6. The molecule has 2 rings (SSSR count). The van der Waals surface area contributed by atoms with Gasteiger partial charge in [0.05, 0.1) is 25.4 Å². The van der Waals surface area contributed by atoms with Gasteiger partial charge in [-0.05, 0) is 12.5 Å². The Kier molecular flexibility index (Phi) is 5.82. The van der Waals surface area contributed by atoms with Crippen molar-refractivity contribution in [2.45, 2.75) is 0 Å². The minimum Gasteiger partial charge on any atom is -0.135 e. The SMILES string of the molecule is CSC1=C(SC)SC(=C2SC(S)=C(S)S2)S1. The van der Waals surface area contributed by atoms with Crippen LogP contribution in [0.25, 0.3) is 0 Å². The van der Waals surface area contributed by atoms with Crippen molar-refractivity contribution in [3.05, 3.63) is 25.4 Å². The number of hydrogen-bond acceptors (Lipinski definition) is 8. The van der Waals surface area contributed by atoms with Crippen LogP contribution in [0.5, 0.6) is 0 Å². The monoisotopic (exact) mass is 360 g/mol. The molecule has 8 heteroatoms. The molecule has 0 unspecified atom stereocenters. The van der Waals surface area contributed by atoms with E-state index in [1.807, 2.05) is 47.0 Å². The van der Waals surface area contributed by atoms with Crippen molar-refractivity contribution < 1.29 is 0 Å². The Morgan fingerprint density at radius 2 is 1.12 bits per heavy atom. The molecule has 0 atom stereocenters. The second-order valence-corrected chi connectivity index (χ2v) is 10.8. The van der Waals surface area contributed by atoms with Gasteiger partial charge in [0.2, 0.25) is 0 Å². The molecule has 0 aromatic carbocycles. The summed E-state index contributed by atoms with van der Waals surface area (Å²) in [7, 11) is 0. The lowest BCUT2D eigenvalue weighted by Crippen LogP contribution is -1.66. The van der Waals surface area contributed by atoms with Crippen LogP contribution in [0, 0.1) is 0 Å². The summed E-state index contributed by atoms with van der Waals surface area (Å²) in [4.78, 5) is 0. The minimum atomic E-state index is 1.01. The van der Waals surface area contributed by atoms with Gasteiger partial charge in [0.1, 0.15) is 0 Å². The van der Waals surface area contributed by atoms with Crippen molar-refractivity contribution in [2.24, 2.45) is 0 Å². The Hall–Kier alpha value is 2.02. The summed E-state index contributed by atoms with van der Waals surface area (Å²) >= 11 is 19.6. The Bertz CT molecular complexity index is 370. The molecule has 0 amide bonds. The van der Waals surface area contributed by atoms with Crippen LogP contribution in [0.1, 0.15) is 0 Å². The van der Waals surface area contributed by atoms with Crippen molar-refractivity contribution in [3.8, 4) is 0 Å². The van der Waals surface area contributed by atoms with Crippen LogP contribution in [0.2, 0.25) is 0 Å². The van der Waals surface area contributed by atoms with Crippen LogP contribution in [0.3, 0.4) is 0 Å². The van der Waals surface area contributed by atoms with Crippen LogP contribution >= 0.6 is 95.8 Å². The molecule has 0 saturated carbocycles. The highest BCUT2D eigenvalue weighted by Crippen LogP contribution is 2.63. The molecule has 2 aliphatic heterocycles. The van der Waals surface area contributed by atoms with Crippen LogP contribution < -0.4 is 0 Å². The van der Waals surface area contributed by atoms with E-state index in [0.717, 1.165) is 8.47 Å². The number of hydrogen-bond donors (Lipinski definition) is 2. The van der Waals surface area contributed by atoms with Gasteiger partial charge >= 0.3 is 0 Å². The smallest absolute Gasteiger partial charge is 0.0717 e. The van der Waals surface area contributed by atoms with Crippen LogP contribution in [0.4, 0.5) is 0 Å². The van der Waals surface area contributed by atoms with Crippen LogP contribution in [0.15, 0.2) is 25.4 Å². The van der Waals surface area contributed by atoms with Crippen molar-refractivity contribution >= 4 is 95.8 Å². The minimum absolute atomic E-state index is 1.01. The molecule has 0 aliphatic carbocycles. The van der Waals surface area contributed by atoms with E-state index >= 15 is 0 Å². The maximum atomic E-state index is 4.40. The fourth-order valence-corrected chi connectivity index (χ4v) is 9.43. The topological polar surface area (TPSA) is 0 Å². The predicted octanol–water partition coefficient (Wildman–Crippen LogP) is 5.91. The number of rotatable bonds is 2. The van der Waals surface area contributed by atoms with E-state index in [9.17, 15) is 0 Å². The Labute approximate surface area is 132 Å². The van der Waals surface area contributed by atoms with E-state index in [-0.39, 0.29) is 0 Å². The Morgan fingerprint density at radius 1 is 0.750 bits per heavy atom. The maximum Gasteiger partial charge on any atom is 0.0717 e. The summed E-state index contributed by atoms with van der Waals surface area (Å²) in [5.41, 5.74) is 0. The van der Waals surface area contributed by atoms with E-state index in [0.29, 0.717) is 0 Å². The van der Waals surface area contributed by atoms with Gasteiger partial charge < -0.3 is 0 Å². The van der Waals surface area contributed by atoms with Gasteiger partial charge in [-0.25, -0.2) is 0 Å². The van der Waals surface area contributed by atoms with Crippen molar-refractivity contribution in [1.29, 1.82) is 0 Å². The second kappa shape index (κ2) is 6.45. The largest absolute Gasteiger partial charge is 0.135 e. The second-order valence-electron chi connectivity index (χ2n) is 2.58. The maximum absolute atomic E-state index is 4.40. The first-order valence-corrected chi connectivity index (χ1v) is 10.7. The van der Waals surface area contributed by atoms with Crippen LogP contribution in [-0.4, -0.2) is 12.5 Å². The standard InChI is InChI=1S/C8H8S8/c1-11-5-6(12-2)16-8(15-5)7-13-3(9)4(10)14-7/h9-10H,1-2H3. The van der Waals surface area contributed by atoms with E-state index in [2.05, 4.69) is 37.8 Å². The van der Waals surface area contributed by atoms with Crippen LogP contribution in [-0.2, 0) is 0 Å². The predicted molar refractivity (Wildman–Crippen MR) is 96.4 cm³/mol. The normalized spacial score (nSPS) is 21.8. The lowest BCUT2D eigenvalue weighted by atomic mass is 11.2. The molecule has 88 valence electrons. The van der Waals surface area contributed by atoms with Gasteiger partial charge in [-0.1, -0.05) is 47.0 Å². The third-order valence-corrected chi connectivity index (χ3v) is 11.1. The average Bonchev–Trinajstić information content (AvgIpc) is 2.83. The molecule has 0 bridgehead atoms. The zero-order valence-electron chi connectivity index (χ0n) is 8.34. The lowest BCUT2D eigenvalue weighted by Gasteiger charge is -2.00. The van der Waals surface area contributed by atoms with Gasteiger partial charge in [0, 0.05) is 0 Å². The Balaban J connectivity index is 2.15. The summed E-state index contributed by atoms with van der Waals surface area (Å²) in [6, 6.07) is 0. The molecular weight excluding hydrogens is 353 g/mol. The summed E-state index contributed by atoms with van der Waals surface area (Å²) in [5, 5.41) is 0. The summed E-state index contributed by atoms with van der Waals surface area (Å²) in [5.74, 6) is 0. The highest BCUT2D eigenvalue weighted by molar-refractivity contribution is 8.43. The molecular formula is C8H8S8. The molecule has 0 aromatic rings. The fourth-order valence-electron chi connectivity index (χ4n) is 0.973. The van der Waals surface area contributed by atoms with Crippen molar-refractivity contribution in [2.75, 3.05) is 12.5 Å². The highest BCUT2D eigenvalue weighted by atomic mass is 32.3. The van der Waals surface area contributed by atoms with E-state index in [1.54, 1.807) is 23.5 Å². The summed E-state index contributed by atoms with van der Waals surface area (Å²) < 4.78 is 7.55. The molecule has 0 aromatic heterocycles. The van der Waals surface area contributed by atoms with Gasteiger partial charge in [0.25, 0.3) is 0 Å². The molecule has 0 fully saturated rings. The van der Waals surface area contributed by atoms with Crippen molar-refractivity contribution in [3.63, 3.8) is 0 Å². The van der Waals surface area contributed by atoms with E-state index in [4.69, 9.17) is 0 Å². The summed E-state index contributed by atoms with van der Waals surface area (Å²) in [6.45, 7) is 0. The third-order valence-electron chi connectivity index (χ3n) is 1.64. The first-order valence-electron chi connectivity index (χ1n) is 4.05. The van der Waals surface area contributed by atoms with Gasteiger partial charge in [-0.15, -0.1) is 48.8 Å². The zero-order valence-corrected chi connectivity index (χ0v) is 15.0. The molecule has 2 heterocycles. The molecule has 0 spiro atoms. The molecule has 0 nitrogen and oxygen atoms in total. The van der Waals surface area contributed by atoms with E-state index < -0.39 is 0 Å². The third kappa shape index (κ3) is 3.12. The summed E-state index contributed by atoms with van der Waals surface area (Å²) in [6.07, 6.45) is 4.27. The van der Waals surface area contributed by atoms with Gasteiger partial charge in [-0.3, -0.25) is 0 Å². The number of thiol groups is 2. The fraction of sp³-hybridized carbons (Fsp3) is 0.250. The van der Waals surface area contributed by atoms with Gasteiger partial charge in [0.15, 0.2) is 0 Å². The molecule has 0 saturated heterocycles. The molecule has 0 radical (unpaired) electrons. The van der Waals surface area contributed by atoms with Crippen molar-refractivity contribution in [1.82, 2.24) is 0 Å². The first kappa shape index (κ1) is 14.4. The van der Waals surface area contributed by atoms with E-state index in [1.165, 1.54) is 16.9 Å². The average molecular weight is 361 g/mol.